The van der Waals surface area contributed by atoms with Crippen molar-refractivity contribution < 1.29 is 56.2 Å². The fourth-order valence-electron chi connectivity index (χ4n) is 7.53. The van der Waals surface area contributed by atoms with Gasteiger partial charge in [0.2, 0.25) is 41.0 Å². The summed E-state index contributed by atoms with van der Waals surface area (Å²) in [5, 5.41) is 21.4. The molecule has 21 heteroatoms. The van der Waals surface area contributed by atoms with E-state index in [0.29, 0.717) is 34.7 Å². The summed E-state index contributed by atoms with van der Waals surface area (Å²) in [6, 6.07) is -2.23. The van der Waals surface area contributed by atoms with Crippen LogP contribution in [-0.4, -0.2) is 142 Å². The first kappa shape index (κ1) is 49.4. The minimum atomic E-state index is -5.43. The zero-order valence-corrected chi connectivity index (χ0v) is 36.5. The van der Waals surface area contributed by atoms with Crippen molar-refractivity contribution in [1.29, 1.82) is 0 Å². The maximum atomic E-state index is 14.6. The van der Waals surface area contributed by atoms with Gasteiger partial charge in [0.25, 0.3) is 5.91 Å². The number of hydrogen-bond donors (Lipinski definition) is 5. The number of likely N-dealkylation sites (tertiary alicyclic amines) is 1. The summed E-state index contributed by atoms with van der Waals surface area (Å²) < 4.78 is 55.1. The van der Waals surface area contributed by atoms with Crippen LogP contribution in [0.2, 0.25) is 10.0 Å². The monoisotopic (exact) mass is 907 g/mol. The molecule has 1 aliphatic carbocycles. The average Bonchev–Trinajstić information content (AvgIpc) is 3.86. The van der Waals surface area contributed by atoms with Crippen molar-refractivity contribution in [2.75, 3.05) is 27.2 Å². The second-order valence-electron chi connectivity index (χ2n) is 16.7. The van der Waals surface area contributed by atoms with Crippen molar-refractivity contribution in [2.45, 2.75) is 139 Å². The standard InChI is InChI=1S/C40H55Cl2F4N7O8/c1-7-26(48-32(55)30-19-24(43)20-53(30)37(60)38(4,61)40(44,45)46)34(57)51(5)28-10-8-9-15-47-36(59)39(13-14-39)50-33(56)29(18-22-17-23(41)11-12-25(22)42)52(6)35(58)27(16-21(2)3)49-31(28)54/h11-12,17,21,24,26-30,61H,7-10,13-16,18-20H2,1-6H3,(H,47,59)(H,48,55)(H,49,54)(H,50,56)/t24-,26+,27+,28+,29+,30+,38-/m1/s1. The van der Waals surface area contributed by atoms with E-state index >= 15 is 0 Å². The summed E-state index contributed by atoms with van der Waals surface area (Å²) in [6.07, 6.45) is -6.76. The number of amides is 7. The summed E-state index contributed by atoms with van der Waals surface area (Å²) in [5.41, 5.74) is -4.67. The van der Waals surface area contributed by atoms with Crippen LogP contribution in [0, 0.1) is 5.92 Å². The van der Waals surface area contributed by atoms with E-state index < -0.39 is 108 Å². The lowest BCUT2D eigenvalue weighted by Gasteiger charge is -2.35. The van der Waals surface area contributed by atoms with Gasteiger partial charge in [0, 0.05) is 43.5 Å². The molecule has 1 aromatic rings. The Bertz CT molecular complexity index is 1850. The maximum absolute atomic E-state index is 14.6. The molecule has 7 amide bonds. The van der Waals surface area contributed by atoms with Crippen LogP contribution < -0.4 is 21.3 Å². The molecule has 5 N–H and O–H groups in total. The van der Waals surface area contributed by atoms with Gasteiger partial charge in [-0.15, -0.1) is 0 Å². The third-order valence-electron chi connectivity index (χ3n) is 11.5. The third-order valence-corrected chi connectivity index (χ3v) is 12.1. The summed E-state index contributed by atoms with van der Waals surface area (Å²) in [7, 11) is 2.69. The van der Waals surface area contributed by atoms with Gasteiger partial charge in [-0.1, -0.05) is 44.0 Å². The second kappa shape index (κ2) is 19.9. The van der Waals surface area contributed by atoms with Crippen molar-refractivity contribution in [3.05, 3.63) is 33.8 Å². The molecule has 61 heavy (non-hydrogen) atoms. The lowest BCUT2D eigenvalue weighted by atomic mass is 9.98. The number of nitrogens with one attached hydrogen (secondary N) is 4. The maximum Gasteiger partial charge on any atom is 0.426 e. The molecule has 2 aliphatic heterocycles. The highest BCUT2D eigenvalue weighted by molar-refractivity contribution is 6.33. The number of halogens is 6. The van der Waals surface area contributed by atoms with Gasteiger partial charge in [0.05, 0.1) is 6.54 Å². The molecule has 2 saturated heterocycles. The van der Waals surface area contributed by atoms with E-state index in [1.165, 1.54) is 25.9 Å². The zero-order chi connectivity index (χ0) is 45.8. The van der Waals surface area contributed by atoms with Crippen LogP contribution in [0.4, 0.5) is 17.6 Å². The Labute approximate surface area is 361 Å². The number of likely N-dealkylation sites (N-methyl/N-ethyl adjacent to an activating group) is 2. The Morgan fingerprint density at radius 3 is 2.33 bits per heavy atom. The Kier molecular flexibility index (Phi) is 16.1. The van der Waals surface area contributed by atoms with Gasteiger partial charge in [0.15, 0.2) is 0 Å². The average molecular weight is 909 g/mol. The van der Waals surface area contributed by atoms with Gasteiger partial charge in [-0.25, -0.2) is 4.39 Å². The van der Waals surface area contributed by atoms with Crippen molar-refractivity contribution in [1.82, 2.24) is 36.0 Å². The van der Waals surface area contributed by atoms with E-state index in [1.807, 2.05) is 13.8 Å². The van der Waals surface area contributed by atoms with E-state index in [2.05, 4.69) is 21.3 Å². The zero-order valence-electron chi connectivity index (χ0n) is 35.0. The number of carbonyl (C=O) groups is 7. The first-order chi connectivity index (χ1) is 28.3. The quantitative estimate of drug-likeness (QED) is 0.221. The number of hydrogen-bond acceptors (Lipinski definition) is 8. The molecule has 7 atom stereocenters. The topological polar surface area (TPSA) is 198 Å². The van der Waals surface area contributed by atoms with Crippen LogP contribution in [0.3, 0.4) is 0 Å². The number of benzene rings is 1. The number of nitrogens with zero attached hydrogens (tertiary/aromatic N) is 3. The molecule has 1 saturated carbocycles. The van der Waals surface area contributed by atoms with Crippen LogP contribution >= 0.6 is 23.2 Å². The first-order valence-electron chi connectivity index (χ1n) is 20.3. The molecular formula is C40H55Cl2F4N7O8. The first-order valence-corrected chi connectivity index (χ1v) is 21.0. The van der Waals surface area contributed by atoms with Gasteiger partial charge < -0.3 is 41.1 Å². The van der Waals surface area contributed by atoms with Crippen LogP contribution in [0.1, 0.15) is 84.6 Å². The largest absolute Gasteiger partial charge is 0.426 e. The number of rotatable bonds is 10. The van der Waals surface area contributed by atoms with Gasteiger partial charge in [-0.3, -0.25) is 33.6 Å². The molecule has 3 aliphatic rings. The minimum Gasteiger partial charge on any atom is -0.373 e. The van der Waals surface area contributed by atoms with Crippen molar-refractivity contribution in [3.63, 3.8) is 0 Å². The van der Waals surface area contributed by atoms with Crippen molar-refractivity contribution in [3.8, 4) is 0 Å². The summed E-state index contributed by atoms with van der Waals surface area (Å²) in [4.78, 5) is 99.1. The second-order valence-corrected chi connectivity index (χ2v) is 17.6. The normalized spacial score (nSPS) is 25.6. The molecule has 1 aromatic carbocycles. The molecule has 2 heterocycles. The smallest absolute Gasteiger partial charge is 0.373 e. The van der Waals surface area contributed by atoms with E-state index in [-0.39, 0.29) is 56.5 Å². The number of alkyl halides is 4. The van der Waals surface area contributed by atoms with E-state index in [9.17, 15) is 56.2 Å². The highest BCUT2D eigenvalue weighted by atomic mass is 35.5. The van der Waals surface area contributed by atoms with Gasteiger partial charge in [-0.05, 0) is 81.5 Å². The van der Waals surface area contributed by atoms with Gasteiger partial charge >= 0.3 is 6.18 Å². The fraction of sp³-hybridized carbons (Fsp3) is 0.675. The van der Waals surface area contributed by atoms with E-state index in [4.69, 9.17) is 23.2 Å². The summed E-state index contributed by atoms with van der Waals surface area (Å²) in [6.45, 7) is 4.59. The minimum absolute atomic E-state index is 0.0193. The molecule has 15 nitrogen and oxygen atoms in total. The predicted molar refractivity (Wildman–Crippen MR) is 216 cm³/mol. The van der Waals surface area contributed by atoms with Crippen LogP contribution in [0.25, 0.3) is 0 Å². The molecular weight excluding hydrogens is 853 g/mol. The number of carbonyl (C=O) groups excluding carboxylic acids is 7. The third kappa shape index (κ3) is 11.6. The predicted octanol–water partition coefficient (Wildman–Crippen LogP) is 2.82. The van der Waals surface area contributed by atoms with Crippen LogP contribution in [0.15, 0.2) is 18.2 Å². The Hall–Kier alpha value is -4.23. The highest BCUT2D eigenvalue weighted by Crippen LogP contribution is 2.37. The Balaban J connectivity index is 1.63. The molecule has 340 valence electrons. The molecule has 0 radical (unpaired) electrons. The Morgan fingerprint density at radius 2 is 1.74 bits per heavy atom. The summed E-state index contributed by atoms with van der Waals surface area (Å²) >= 11 is 12.7. The summed E-state index contributed by atoms with van der Waals surface area (Å²) in [5.74, 6) is -6.51. The molecule has 4 rings (SSSR count). The fourth-order valence-corrected chi connectivity index (χ4v) is 7.91. The highest BCUT2D eigenvalue weighted by Gasteiger charge is 2.59. The Morgan fingerprint density at radius 1 is 1.08 bits per heavy atom. The van der Waals surface area contributed by atoms with Gasteiger partial charge in [0.1, 0.15) is 41.9 Å². The van der Waals surface area contributed by atoms with Crippen LogP contribution in [0.5, 0.6) is 0 Å². The van der Waals surface area contributed by atoms with Crippen LogP contribution in [-0.2, 0) is 40.0 Å². The molecule has 1 spiro atoms. The van der Waals surface area contributed by atoms with E-state index in [1.54, 1.807) is 18.2 Å². The molecule has 3 fully saturated rings. The SMILES string of the molecule is CC[C@H](NC(=O)[C@@H]1C[C@@H](F)CN1C(=O)[C@@](C)(O)C(F)(F)F)C(=O)N(C)[C@H]1CCCCNC(=O)C2(CC2)NC(=O)[C@H](Cc2cc(Cl)ccc2Cl)N(C)C(=O)[C@H](CC(C)C)NC1=O. The van der Waals surface area contributed by atoms with Gasteiger partial charge in [-0.2, -0.15) is 13.2 Å². The molecule has 0 bridgehead atoms. The van der Waals surface area contributed by atoms with Crippen molar-refractivity contribution in [2.24, 2.45) is 5.92 Å². The van der Waals surface area contributed by atoms with E-state index in [0.717, 1.165) is 4.90 Å². The lowest BCUT2D eigenvalue weighted by Crippen LogP contribution is -2.61. The molecule has 0 unspecified atom stereocenters. The van der Waals surface area contributed by atoms with Crippen molar-refractivity contribution >= 4 is 64.6 Å². The molecule has 0 aromatic heterocycles. The number of aliphatic hydroxyl groups is 1. The lowest BCUT2D eigenvalue weighted by molar-refractivity contribution is -0.250.